The van der Waals surface area contributed by atoms with Crippen molar-refractivity contribution in [3.05, 3.63) is 246 Å². The fraction of sp³-hybridized carbons (Fsp3) is 0.0862. The van der Waals surface area contributed by atoms with Crippen molar-refractivity contribution < 1.29 is 0 Å². The van der Waals surface area contributed by atoms with Crippen LogP contribution in [0.5, 0.6) is 0 Å². The van der Waals surface area contributed by atoms with E-state index in [-0.39, 0.29) is 0 Å². The maximum atomic E-state index is 5.03. The van der Waals surface area contributed by atoms with Gasteiger partial charge in [-0.15, -0.1) is 0 Å². The molecule has 1 aromatic heterocycles. The number of hydrogen-bond acceptors (Lipinski definition) is 3. The maximum Gasteiger partial charge on any atom is 0.164 e. The molecule has 3 heteroatoms. The molecule has 0 bridgehead atoms. The molecule has 0 N–H and O–H groups in total. The molecule has 11 rings (SSSR count). The van der Waals surface area contributed by atoms with E-state index in [0.29, 0.717) is 35.2 Å². The van der Waals surface area contributed by atoms with E-state index >= 15 is 0 Å². The predicted octanol–water partition coefficient (Wildman–Crippen LogP) is 12.5. The molecule has 0 radical (unpaired) electrons. The highest BCUT2D eigenvalue weighted by atomic mass is 15.0. The van der Waals surface area contributed by atoms with Crippen molar-refractivity contribution in [1.82, 2.24) is 15.0 Å². The zero-order valence-corrected chi connectivity index (χ0v) is 33.8. The number of rotatable bonds is 8. The van der Waals surface area contributed by atoms with Crippen LogP contribution in [0.4, 0.5) is 0 Å². The van der Waals surface area contributed by atoms with Gasteiger partial charge in [-0.05, 0) is 79.6 Å². The van der Waals surface area contributed by atoms with Crippen LogP contribution in [0.3, 0.4) is 0 Å². The summed E-state index contributed by atoms with van der Waals surface area (Å²) in [4.78, 5) is 15.0. The Kier molecular flexibility index (Phi) is 9.55. The quantitative estimate of drug-likeness (QED) is 0.154. The van der Waals surface area contributed by atoms with Gasteiger partial charge in [0, 0.05) is 22.6 Å². The monoisotopic (exact) mass is 781 g/mol. The van der Waals surface area contributed by atoms with E-state index in [1.54, 1.807) is 5.57 Å². The molecule has 8 aromatic carbocycles. The number of benzene rings is 8. The molecule has 1 fully saturated rings. The van der Waals surface area contributed by atoms with Crippen LogP contribution in [0.15, 0.2) is 218 Å². The first kappa shape index (κ1) is 36.6. The lowest BCUT2D eigenvalue weighted by Crippen LogP contribution is -2.26. The molecule has 3 nitrogen and oxygen atoms in total. The summed E-state index contributed by atoms with van der Waals surface area (Å²) in [6, 6.07) is 78.4. The van der Waals surface area contributed by atoms with Crippen LogP contribution in [-0.4, -0.2) is 15.0 Å². The second kappa shape index (κ2) is 15.9. The average Bonchev–Trinajstić information content (AvgIpc) is 3.69. The van der Waals surface area contributed by atoms with Gasteiger partial charge in [0.2, 0.25) is 0 Å². The van der Waals surface area contributed by atoms with E-state index in [2.05, 4.69) is 182 Å². The van der Waals surface area contributed by atoms with Crippen molar-refractivity contribution in [2.45, 2.75) is 24.7 Å². The van der Waals surface area contributed by atoms with Crippen LogP contribution in [0.2, 0.25) is 0 Å². The first-order valence-corrected chi connectivity index (χ1v) is 21.3. The zero-order valence-electron chi connectivity index (χ0n) is 33.8. The molecular weight excluding hydrogens is 739 g/mol. The third kappa shape index (κ3) is 7.08. The normalized spacial score (nSPS) is 16.8. The lowest BCUT2D eigenvalue weighted by Gasteiger charge is -2.39. The van der Waals surface area contributed by atoms with Gasteiger partial charge in [-0.1, -0.05) is 224 Å². The molecule has 3 atom stereocenters. The standard InChI is InChI=1S/C58H43N3/c1-5-15-39(16-6-1)41-27-33-47(34-28-41)57-59-56(46-21-11-4-12-22-46)60-58(61-57)48-35-29-43(30-36-48)42-25-31-45(32-26-42)54-51-24-14-13-23-50(51)53-38-49(40-17-7-2-8-18-40)37-52(55(53)54)44-19-9-3-10-20-44/h1-36,49,52,55H,37-38H2. The number of nitrogens with zero attached hydrogens (tertiary/aromatic N) is 3. The highest BCUT2D eigenvalue weighted by Crippen LogP contribution is 2.53. The lowest BCUT2D eigenvalue weighted by molar-refractivity contribution is 0.449. The van der Waals surface area contributed by atoms with E-state index in [1.165, 1.54) is 43.8 Å². The van der Waals surface area contributed by atoms with Crippen molar-refractivity contribution in [3.8, 4) is 56.4 Å². The Hall–Kier alpha value is -7.49. The second-order valence-electron chi connectivity index (χ2n) is 16.3. The zero-order chi connectivity index (χ0) is 40.5. The first-order chi connectivity index (χ1) is 30.2. The van der Waals surface area contributed by atoms with Crippen LogP contribution in [-0.2, 0) is 0 Å². The van der Waals surface area contributed by atoms with Gasteiger partial charge in [0.1, 0.15) is 0 Å². The Morgan fingerprint density at radius 1 is 0.311 bits per heavy atom. The summed E-state index contributed by atoms with van der Waals surface area (Å²) in [5, 5.41) is 2.80. The highest BCUT2D eigenvalue weighted by Gasteiger charge is 2.40. The van der Waals surface area contributed by atoms with E-state index in [9.17, 15) is 0 Å². The molecule has 61 heavy (non-hydrogen) atoms. The number of hydrogen-bond donors (Lipinski definition) is 0. The third-order valence-electron chi connectivity index (χ3n) is 12.7. The molecule has 1 heterocycles. The minimum Gasteiger partial charge on any atom is -0.208 e. The summed E-state index contributed by atoms with van der Waals surface area (Å²) >= 11 is 0. The second-order valence-corrected chi connectivity index (χ2v) is 16.3. The fourth-order valence-electron chi connectivity index (χ4n) is 9.77. The lowest BCUT2D eigenvalue weighted by atomic mass is 9.65. The minimum absolute atomic E-state index is 0.331. The third-order valence-corrected chi connectivity index (χ3v) is 12.7. The van der Waals surface area contributed by atoms with Crippen LogP contribution in [0.1, 0.15) is 41.4 Å². The summed E-state index contributed by atoms with van der Waals surface area (Å²) in [6.07, 6.45) is 2.21. The Bertz CT molecular complexity index is 3090. The van der Waals surface area contributed by atoms with Gasteiger partial charge in [0.15, 0.2) is 17.5 Å². The van der Waals surface area contributed by atoms with Gasteiger partial charge in [-0.25, -0.2) is 15.0 Å². The SMILES string of the molecule is c1ccc(-c2ccc(-c3nc(-c4ccccc4)nc(-c4ccc(-c5ccc(C6=c7ccccc7=C7CC(c8ccccc8)CC(c8ccccc8)C76)cc5)cc4)n3)cc2)cc1. The summed E-state index contributed by atoms with van der Waals surface area (Å²) in [5.74, 6) is 3.15. The number of fused-ring (bicyclic) bond motifs is 2. The smallest absolute Gasteiger partial charge is 0.164 e. The summed E-state index contributed by atoms with van der Waals surface area (Å²) in [6.45, 7) is 0. The van der Waals surface area contributed by atoms with E-state index in [1.807, 2.05) is 36.4 Å². The molecular formula is C58H43N3. The minimum atomic E-state index is 0.331. The van der Waals surface area contributed by atoms with Crippen LogP contribution in [0.25, 0.3) is 67.6 Å². The highest BCUT2D eigenvalue weighted by molar-refractivity contribution is 5.84. The van der Waals surface area contributed by atoms with E-state index in [0.717, 1.165) is 40.7 Å². The van der Waals surface area contributed by atoms with Gasteiger partial charge in [-0.2, -0.15) is 0 Å². The fourth-order valence-corrected chi connectivity index (χ4v) is 9.77. The summed E-state index contributed by atoms with van der Waals surface area (Å²) in [7, 11) is 0. The molecule has 2 aliphatic rings. The van der Waals surface area contributed by atoms with Crippen molar-refractivity contribution in [3.63, 3.8) is 0 Å². The van der Waals surface area contributed by atoms with Crippen molar-refractivity contribution in [1.29, 1.82) is 0 Å². The molecule has 3 unspecified atom stereocenters. The molecule has 290 valence electrons. The predicted molar refractivity (Wildman–Crippen MR) is 250 cm³/mol. The number of aromatic nitrogens is 3. The van der Waals surface area contributed by atoms with Gasteiger partial charge in [0.05, 0.1) is 0 Å². The molecule has 1 saturated carbocycles. The van der Waals surface area contributed by atoms with Crippen LogP contribution < -0.4 is 10.4 Å². The van der Waals surface area contributed by atoms with Crippen molar-refractivity contribution >= 4 is 11.1 Å². The summed E-state index contributed by atoms with van der Waals surface area (Å²) < 4.78 is 0. The summed E-state index contributed by atoms with van der Waals surface area (Å²) in [5.41, 5.74) is 14.7. The average molecular weight is 782 g/mol. The largest absolute Gasteiger partial charge is 0.208 e. The van der Waals surface area contributed by atoms with Gasteiger partial charge < -0.3 is 0 Å². The molecule has 2 aliphatic carbocycles. The van der Waals surface area contributed by atoms with E-state index in [4.69, 9.17) is 15.0 Å². The first-order valence-electron chi connectivity index (χ1n) is 21.3. The van der Waals surface area contributed by atoms with Gasteiger partial charge in [-0.3, -0.25) is 0 Å². The van der Waals surface area contributed by atoms with Crippen molar-refractivity contribution in [2.24, 2.45) is 5.92 Å². The van der Waals surface area contributed by atoms with Crippen molar-refractivity contribution in [2.75, 3.05) is 0 Å². The Balaban J connectivity index is 0.920. The van der Waals surface area contributed by atoms with Gasteiger partial charge >= 0.3 is 0 Å². The molecule has 0 saturated heterocycles. The Labute approximate surface area is 357 Å². The maximum absolute atomic E-state index is 5.03. The van der Waals surface area contributed by atoms with E-state index < -0.39 is 0 Å². The Morgan fingerprint density at radius 2 is 0.672 bits per heavy atom. The molecule has 9 aromatic rings. The molecule has 0 amide bonds. The van der Waals surface area contributed by atoms with Crippen LogP contribution in [0, 0.1) is 5.92 Å². The molecule has 0 spiro atoms. The Morgan fingerprint density at radius 3 is 1.18 bits per heavy atom. The topological polar surface area (TPSA) is 38.7 Å². The molecule has 0 aliphatic heterocycles. The van der Waals surface area contributed by atoms with Crippen LogP contribution >= 0.6 is 0 Å². The van der Waals surface area contributed by atoms with Gasteiger partial charge in [0.25, 0.3) is 0 Å².